The molecule has 2 N–H and O–H groups in total. The number of nitrogens with two attached hydrogens (primary N) is 1. The fourth-order valence-corrected chi connectivity index (χ4v) is 6.47. The van der Waals surface area contributed by atoms with Crippen molar-refractivity contribution in [3.8, 4) is 0 Å². The number of carbonyl (C=O) groups excluding carboxylic acids is 2. The molecule has 1 heterocycles. The number of carbonyl (C=O) groups is 2. The Bertz CT molecular complexity index is 884. The third-order valence-electron chi connectivity index (χ3n) is 8.23. The Morgan fingerprint density at radius 1 is 1.10 bits per heavy atom. The van der Waals surface area contributed by atoms with Gasteiger partial charge in [0.25, 0.3) is 0 Å². The Balaban J connectivity index is 3.49. The molecule has 1 aromatic rings. The first kappa shape index (κ1) is 35.7. The topological polar surface area (TPSA) is 94.8 Å². The SMILES string of the molecule is CCCCCCN(C(=O)[C@@H](N)[C@@H](C)CC)[C@H](C[C@@H](O[Si](C)(C)C(C)(C)C)c1nc(C(=O)OCC)cs1)C(C)C. The fraction of sp³-hybridized carbons (Fsp3) is 0.833. The van der Waals surface area contributed by atoms with E-state index in [1.54, 1.807) is 12.3 Å². The van der Waals surface area contributed by atoms with Gasteiger partial charge in [-0.25, -0.2) is 9.78 Å². The Morgan fingerprint density at radius 2 is 1.74 bits per heavy atom. The second-order valence-corrected chi connectivity index (χ2v) is 18.4. The summed E-state index contributed by atoms with van der Waals surface area (Å²) in [5.74, 6) is -0.0937. The van der Waals surface area contributed by atoms with Gasteiger partial charge in [0, 0.05) is 18.0 Å². The minimum atomic E-state index is -2.21. The second kappa shape index (κ2) is 16.2. The van der Waals surface area contributed by atoms with E-state index in [1.165, 1.54) is 11.3 Å². The average Bonchev–Trinajstić information content (AvgIpc) is 3.35. The van der Waals surface area contributed by atoms with Gasteiger partial charge in [-0.05, 0) is 49.7 Å². The molecule has 0 saturated carbocycles. The summed E-state index contributed by atoms with van der Waals surface area (Å²) in [6.07, 6.45) is 5.46. The maximum absolute atomic E-state index is 13.9. The number of rotatable bonds is 17. The van der Waals surface area contributed by atoms with Gasteiger partial charge in [-0.2, -0.15) is 0 Å². The molecule has 226 valence electrons. The quantitative estimate of drug-likeness (QED) is 0.115. The molecule has 7 nitrogen and oxygen atoms in total. The summed E-state index contributed by atoms with van der Waals surface area (Å²) in [7, 11) is -2.21. The van der Waals surface area contributed by atoms with Crippen LogP contribution in [0.1, 0.15) is 122 Å². The average molecular weight is 584 g/mol. The van der Waals surface area contributed by atoms with Crippen LogP contribution in [-0.4, -0.2) is 55.3 Å². The van der Waals surface area contributed by atoms with Crippen LogP contribution < -0.4 is 5.73 Å². The van der Waals surface area contributed by atoms with Crippen molar-refractivity contribution in [1.29, 1.82) is 0 Å². The number of amides is 1. The molecule has 1 rings (SSSR count). The van der Waals surface area contributed by atoms with Crippen LogP contribution in [0.3, 0.4) is 0 Å². The van der Waals surface area contributed by atoms with E-state index in [9.17, 15) is 9.59 Å². The highest BCUT2D eigenvalue weighted by atomic mass is 32.1. The van der Waals surface area contributed by atoms with Gasteiger partial charge in [0.15, 0.2) is 14.0 Å². The lowest BCUT2D eigenvalue weighted by Gasteiger charge is -2.42. The van der Waals surface area contributed by atoms with E-state index in [2.05, 4.69) is 73.5 Å². The zero-order chi connectivity index (χ0) is 30.0. The zero-order valence-corrected chi connectivity index (χ0v) is 28.5. The van der Waals surface area contributed by atoms with E-state index < -0.39 is 20.3 Å². The minimum absolute atomic E-state index is 0.00558. The third-order valence-corrected chi connectivity index (χ3v) is 13.7. The van der Waals surface area contributed by atoms with Crippen molar-refractivity contribution < 1.29 is 18.8 Å². The minimum Gasteiger partial charge on any atom is -0.461 e. The molecule has 0 aromatic carbocycles. The molecule has 1 amide bonds. The number of esters is 1. The number of hydrogen-bond donors (Lipinski definition) is 1. The van der Waals surface area contributed by atoms with Crippen LogP contribution >= 0.6 is 11.3 Å². The van der Waals surface area contributed by atoms with Crippen molar-refractivity contribution in [3.63, 3.8) is 0 Å². The van der Waals surface area contributed by atoms with E-state index in [-0.39, 0.29) is 34.9 Å². The van der Waals surface area contributed by atoms with Crippen LogP contribution in [0.4, 0.5) is 0 Å². The van der Waals surface area contributed by atoms with Crippen molar-refractivity contribution in [2.75, 3.05) is 13.2 Å². The summed E-state index contributed by atoms with van der Waals surface area (Å²) in [4.78, 5) is 33.0. The summed E-state index contributed by atoms with van der Waals surface area (Å²) in [6, 6.07) is -0.601. The number of nitrogens with zero attached hydrogens (tertiary/aromatic N) is 2. The third kappa shape index (κ3) is 10.6. The molecule has 0 radical (unpaired) electrons. The van der Waals surface area contributed by atoms with Crippen LogP contribution in [-0.2, 0) is 14.0 Å². The van der Waals surface area contributed by atoms with Crippen molar-refractivity contribution in [2.24, 2.45) is 17.6 Å². The van der Waals surface area contributed by atoms with E-state index in [0.717, 1.165) is 37.1 Å². The number of aromatic nitrogens is 1. The molecule has 0 unspecified atom stereocenters. The largest absolute Gasteiger partial charge is 0.461 e. The Morgan fingerprint density at radius 3 is 2.26 bits per heavy atom. The van der Waals surface area contributed by atoms with Crippen molar-refractivity contribution in [2.45, 2.75) is 137 Å². The van der Waals surface area contributed by atoms with E-state index in [0.29, 0.717) is 25.3 Å². The van der Waals surface area contributed by atoms with Crippen LogP contribution in [0.5, 0.6) is 0 Å². The van der Waals surface area contributed by atoms with Gasteiger partial charge >= 0.3 is 5.97 Å². The highest BCUT2D eigenvalue weighted by Crippen LogP contribution is 2.42. The smallest absolute Gasteiger partial charge is 0.357 e. The first-order valence-corrected chi connectivity index (χ1v) is 18.8. The molecule has 0 aliphatic carbocycles. The highest BCUT2D eigenvalue weighted by molar-refractivity contribution is 7.09. The summed E-state index contributed by atoms with van der Waals surface area (Å²) < 4.78 is 12.2. The van der Waals surface area contributed by atoms with Gasteiger partial charge in [-0.15, -0.1) is 11.3 Å². The lowest BCUT2D eigenvalue weighted by Crippen LogP contribution is -2.53. The van der Waals surface area contributed by atoms with Crippen molar-refractivity contribution >= 4 is 31.5 Å². The molecule has 0 bridgehead atoms. The molecule has 4 atom stereocenters. The predicted molar refractivity (Wildman–Crippen MR) is 166 cm³/mol. The fourth-order valence-electron chi connectivity index (χ4n) is 4.28. The lowest BCUT2D eigenvalue weighted by molar-refractivity contribution is -0.138. The van der Waals surface area contributed by atoms with Gasteiger partial charge in [0.2, 0.25) is 5.91 Å². The number of unbranched alkanes of at least 4 members (excludes halogenated alkanes) is 3. The molecule has 0 saturated heterocycles. The van der Waals surface area contributed by atoms with Crippen molar-refractivity contribution in [3.05, 3.63) is 16.1 Å². The monoisotopic (exact) mass is 583 g/mol. The van der Waals surface area contributed by atoms with Crippen LogP contribution in [0, 0.1) is 11.8 Å². The first-order chi connectivity index (χ1) is 18.1. The van der Waals surface area contributed by atoms with Crippen LogP contribution in [0.2, 0.25) is 18.1 Å². The Hall–Kier alpha value is -1.29. The molecule has 0 aliphatic rings. The van der Waals surface area contributed by atoms with Crippen LogP contribution in [0.15, 0.2) is 5.38 Å². The maximum Gasteiger partial charge on any atom is 0.357 e. The zero-order valence-electron chi connectivity index (χ0n) is 26.6. The lowest BCUT2D eigenvalue weighted by atomic mass is 9.92. The second-order valence-electron chi connectivity index (χ2n) is 12.7. The molecular weight excluding hydrogens is 527 g/mol. The van der Waals surface area contributed by atoms with Crippen molar-refractivity contribution in [1.82, 2.24) is 9.88 Å². The molecule has 0 fully saturated rings. The first-order valence-electron chi connectivity index (χ1n) is 15.0. The molecule has 0 aliphatic heterocycles. The summed E-state index contributed by atoms with van der Waals surface area (Å²) >= 11 is 1.43. The van der Waals surface area contributed by atoms with Gasteiger partial charge in [-0.1, -0.05) is 81.1 Å². The summed E-state index contributed by atoms with van der Waals surface area (Å²) in [5.41, 5.74) is 6.84. The number of thiazole rings is 1. The van der Waals surface area contributed by atoms with Crippen LogP contribution in [0.25, 0.3) is 0 Å². The normalized spacial score (nSPS) is 15.6. The van der Waals surface area contributed by atoms with Gasteiger partial charge in [0.1, 0.15) is 5.01 Å². The molecular formula is C30H57N3O4SSi. The molecule has 0 spiro atoms. The van der Waals surface area contributed by atoms with Gasteiger partial charge < -0.3 is 19.8 Å². The maximum atomic E-state index is 13.9. The number of ether oxygens (including phenoxy) is 1. The summed E-state index contributed by atoms with van der Waals surface area (Å²) in [5, 5.41) is 2.51. The summed E-state index contributed by atoms with van der Waals surface area (Å²) in [6.45, 7) is 24.6. The molecule has 39 heavy (non-hydrogen) atoms. The molecule has 9 heteroatoms. The predicted octanol–water partition coefficient (Wildman–Crippen LogP) is 7.58. The standard InChI is InChI=1S/C30H57N3O4SSi/c1-12-15-16-17-18-33(28(34)26(31)22(6)13-2)24(21(4)5)19-25(37-39(10,11)30(7,8)9)27-32-23(20-38-27)29(35)36-14-3/h20-22,24-26H,12-19,31H2,1-11H3/t22-,24+,25+,26-/m0/s1. The van der Waals surface area contributed by atoms with E-state index in [1.807, 2.05) is 4.90 Å². The Labute approximate surface area is 243 Å². The van der Waals surface area contributed by atoms with Gasteiger partial charge in [-0.3, -0.25) is 4.79 Å². The molecule has 1 aromatic heterocycles. The van der Waals surface area contributed by atoms with E-state index >= 15 is 0 Å². The number of hydrogen-bond acceptors (Lipinski definition) is 7. The van der Waals surface area contributed by atoms with E-state index in [4.69, 9.17) is 14.9 Å². The Kier molecular flexibility index (Phi) is 14.9. The van der Waals surface area contributed by atoms with Gasteiger partial charge in [0.05, 0.1) is 18.8 Å². The highest BCUT2D eigenvalue weighted by Gasteiger charge is 2.42.